The summed E-state index contributed by atoms with van der Waals surface area (Å²) < 4.78 is 85.8. The van der Waals surface area contributed by atoms with Crippen molar-refractivity contribution in [3.05, 3.63) is 47.2 Å². The van der Waals surface area contributed by atoms with Crippen LogP contribution in [0, 0.1) is 29.4 Å². The zero-order valence-electron chi connectivity index (χ0n) is 33.5. The first-order valence-corrected chi connectivity index (χ1v) is 20.4. The number of alkyl halides is 2. The third-order valence-electron chi connectivity index (χ3n) is 13.5. The Labute approximate surface area is 339 Å². The van der Waals surface area contributed by atoms with E-state index in [1.54, 1.807) is 18.2 Å². The molecule has 2 bridgehead atoms. The third-order valence-corrected chi connectivity index (χ3v) is 13.5. The second-order valence-electron chi connectivity index (χ2n) is 18.3. The van der Waals surface area contributed by atoms with E-state index >= 15 is 8.78 Å². The number of aryl methyl sites for hydroxylation is 1. The number of ether oxygens (including phenoxy) is 4. The first kappa shape index (κ1) is 38.3. The van der Waals surface area contributed by atoms with Crippen molar-refractivity contribution in [2.45, 2.75) is 107 Å². The van der Waals surface area contributed by atoms with Gasteiger partial charge in [0.15, 0.2) is 12.6 Å². The molecule has 310 valence electrons. The molecule has 11 nitrogen and oxygen atoms in total. The minimum atomic E-state index is -2.71. The number of rotatable bonds is 7. The highest BCUT2D eigenvalue weighted by Gasteiger charge is 2.77. The van der Waals surface area contributed by atoms with Gasteiger partial charge in [0.05, 0.1) is 45.7 Å². The van der Waals surface area contributed by atoms with Gasteiger partial charge in [-0.2, -0.15) is 9.97 Å². The average molecular weight is 815 g/mol. The molecule has 4 aromatic rings. The first-order chi connectivity index (χ1) is 28.1. The van der Waals surface area contributed by atoms with E-state index in [0.717, 1.165) is 19.3 Å². The maximum Gasteiger partial charge on any atom is 0.410 e. The number of nitrogens with zero attached hydrogens (tertiary/aromatic N) is 6. The van der Waals surface area contributed by atoms with Gasteiger partial charge in [0, 0.05) is 37.6 Å². The Morgan fingerprint density at radius 1 is 1.03 bits per heavy atom. The summed E-state index contributed by atoms with van der Waals surface area (Å²) in [5.74, 6) is -0.921. The molecule has 0 unspecified atom stereocenters. The van der Waals surface area contributed by atoms with E-state index in [4.69, 9.17) is 40.3 Å². The highest BCUT2D eigenvalue weighted by atomic mass is 19.3. The SMILES string of the molecule is C#Cc1c(F)ccc2cc(OCOC)cc(-c3nc4c5c(nc(OC[C@@]67CCCN6C[C@@]6(CC6(F)F)C7)nc5c3F)N3C[C@H]5CC[C@@H]([C@H]3CC4)N5C(=O)OC(C)(C)C)c12. The molecule has 2 aromatic heterocycles. The number of pyridine rings is 1. The van der Waals surface area contributed by atoms with E-state index in [1.165, 1.54) is 13.2 Å². The minimum absolute atomic E-state index is 0.0417. The molecule has 15 heteroatoms. The zero-order valence-corrected chi connectivity index (χ0v) is 33.5. The van der Waals surface area contributed by atoms with Crippen LogP contribution in [0.25, 0.3) is 32.9 Å². The fourth-order valence-electron chi connectivity index (χ4n) is 11.0. The van der Waals surface area contributed by atoms with Crippen molar-refractivity contribution in [2.24, 2.45) is 5.41 Å². The van der Waals surface area contributed by atoms with Crippen LogP contribution in [0.2, 0.25) is 0 Å². The van der Waals surface area contributed by atoms with Crippen LogP contribution in [0.3, 0.4) is 0 Å². The number of benzene rings is 2. The lowest BCUT2D eigenvalue weighted by Gasteiger charge is -2.47. The number of aromatic nitrogens is 3. The summed E-state index contributed by atoms with van der Waals surface area (Å²) in [6, 6.07) is 5.36. The molecule has 5 aliphatic heterocycles. The van der Waals surface area contributed by atoms with Gasteiger partial charge in [-0.15, -0.1) is 6.42 Å². The van der Waals surface area contributed by atoms with Crippen LogP contribution in [-0.4, -0.2) is 106 Å². The van der Waals surface area contributed by atoms with Gasteiger partial charge in [-0.25, -0.2) is 27.3 Å². The molecule has 5 atom stereocenters. The van der Waals surface area contributed by atoms with Gasteiger partial charge in [0.1, 0.15) is 40.8 Å². The van der Waals surface area contributed by atoms with Gasteiger partial charge in [-0.1, -0.05) is 12.0 Å². The minimum Gasteiger partial charge on any atom is -0.468 e. The second kappa shape index (κ2) is 13.3. The largest absolute Gasteiger partial charge is 0.468 e. The van der Waals surface area contributed by atoms with E-state index in [0.29, 0.717) is 73.4 Å². The molecule has 2 aromatic carbocycles. The summed E-state index contributed by atoms with van der Waals surface area (Å²) in [5.41, 5.74) is -1.82. The molecule has 4 saturated heterocycles. The number of fused-ring (bicyclic) bond motifs is 7. The molecule has 1 amide bonds. The molecule has 1 aliphatic carbocycles. The second-order valence-corrected chi connectivity index (χ2v) is 18.3. The number of amides is 1. The molecule has 5 fully saturated rings. The lowest BCUT2D eigenvalue weighted by atomic mass is 9.89. The fourth-order valence-corrected chi connectivity index (χ4v) is 11.0. The lowest BCUT2D eigenvalue weighted by Crippen LogP contribution is -2.62. The summed E-state index contributed by atoms with van der Waals surface area (Å²) >= 11 is 0. The number of anilines is 1. The Balaban J connectivity index is 1.12. The van der Waals surface area contributed by atoms with E-state index < -0.39 is 34.1 Å². The van der Waals surface area contributed by atoms with Crippen molar-refractivity contribution < 1.29 is 41.3 Å². The zero-order chi connectivity index (χ0) is 41.2. The van der Waals surface area contributed by atoms with E-state index in [9.17, 15) is 13.6 Å². The molecular formula is C44H46F4N6O5. The number of carbonyl (C=O) groups is 1. The molecule has 59 heavy (non-hydrogen) atoms. The van der Waals surface area contributed by atoms with E-state index in [-0.39, 0.29) is 77.8 Å². The summed E-state index contributed by atoms with van der Waals surface area (Å²) in [6.45, 7) is 6.94. The number of piperazine rings is 1. The Morgan fingerprint density at radius 3 is 2.59 bits per heavy atom. The van der Waals surface area contributed by atoms with Gasteiger partial charge in [-0.05, 0) is 95.8 Å². The van der Waals surface area contributed by atoms with E-state index in [2.05, 4.69) is 15.7 Å². The van der Waals surface area contributed by atoms with Crippen LogP contribution in [0.15, 0.2) is 24.3 Å². The number of methoxy groups -OCH3 is 1. The molecule has 0 N–H and O–H groups in total. The molecular weight excluding hydrogens is 769 g/mol. The maximum absolute atomic E-state index is 17.7. The molecule has 1 spiro atoms. The average Bonchev–Trinajstić information content (AvgIpc) is 3.43. The molecule has 0 radical (unpaired) electrons. The maximum atomic E-state index is 17.7. The van der Waals surface area contributed by atoms with Crippen LogP contribution in [0.4, 0.5) is 28.2 Å². The summed E-state index contributed by atoms with van der Waals surface area (Å²) in [5, 5.41) is 1.21. The number of hydrogen-bond acceptors (Lipinski definition) is 10. The van der Waals surface area contributed by atoms with Gasteiger partial charge in [0.25, 0.3) is 5.92 Å². The molecule has 7 heterocycles. The topological polar surface area (TPSA) is 102 Å². The number of carbonyl (C=O) groups excluding carboxylic acids is 1. The Hall–Kier alpha value is -4.94. The van der Waals surface area contributed by atoms with E-state index in [1.807, 2.05) is 25.7 Å². The Morgan fingerprint density at radius 2 is 1.85 bits per heavy atom. The summed E-state index contributed by atoms with van der Waals surface area (Å²) in [6.07, 6.45) is 9.67. The number of halogens is 4. The van der Waals surface area contributed by atoms with Crippen molar-refractivity contribution in [2.75, 3.05) is 45.0 Å². The van der Waals surface area contributed by atoms with Crippen LogP contribution in [0.5, 0.6) is 11.8 Å². The predicted molar refractivity (Wildman–Crippen MR) is 211 cm³/mol. The van der Waals surface area contributed by atoms with Crippen LogP contribution >= 0.6 is 0 Å². The van der Waals surface area contributed by atoms with Gasteiger partial charge in [-0.3, -0.25) is 9.80 Å². The van der Waals surface area contributed by atoms with Crippen molar-refractivity contribution in [1.29, 1.82) is 0 Å². The van der Waals surface area contributed by atoms with Crippen molar-refractivity contribution >= 4 is 33.6 Å². The van der Waals surface area contributed by atoms with Crippen LogP contribution < -0.4 is 14.4 Å². The highest BCUT2D eigenvalue weighted by Crippen LogP contribution is 2.69. The van der Waals surface area contributed by atoms with Gasteiger partial charge in [0.2, 0.25) is 0 Å². The smallest absolute Gasteiger partial charge is 0.410 e. The van der Waals surface area contributed by atoms with Crippen LogP contribution in [0.1, 0.15) is 77.0 Å². The van der Waals surface area contributed by atoms with Gasteiger partial charge >= 0.3 is 12.1 Å². The van der Waals surface area contributed by atoms with Crippen molar-refractivity contribution in [3.8, 4) is 35.4 Å². The normalized spacial score (nSPS) is 27.8. The highest BCUT2D eigenvalue weighted by molar-refractivity contribution is 6.03. The molecule has 1 saturated carbocycles. The number of terminal acetylenes is 1. The quantitative estimate of drug-likeness (QED) is 0.105. The monoisotopic (exact) mass is 814 g/mol. The van der Waals surface area contributed by atoms with Gasteiger partial charge < -0.3 is 23.8 Å². The fraction of sp³-hybridized carbons (Fsp3) is 0.545. The predicted octanol–water partition coefficient (Wildman–Crippen LogP) is 7.63. The van der Waals surface area contributed by atoms with Crippen LogP contribution in [-0.2, 0) is 15.9 Å². The number of hydrogen-bond donors (Lipinski definition) is 0. The summed E-state index contributed by atoms with van der Waals surface area (Å²) in [4.78, 5) is 34.6. The third kappa shape index (κ3) is 5.98. The first-order valence-electron chi connectivity index (χ1n) is 20.4. The Bertz CT molecular complexity index is 2470. The molecule has 10 rings (SSSR count). The standard InChI is InChI=1S/C44H46F4N6O5/c1-6-27-29(45)10-8-24-16-26(58-23-56-5)17-28(33(24)27)36-35(46)37-34-30(49-36)11-13-31-32-12-9-25(54(32)40(55)59-41(2,3)4)18-53(31)38(34)51-39(50-37)57-22-43-14-7-15-52(43)21-42(19-43)20-44(42,47)48/h1,8,10,16-17,25,31-32H,7,9,11-15,18-23H2,2-5H3/t25-,31-,32+,42+,43+/m1/s1. The lowest BCUT2D eigenvalue weighted by molar-refractivity contribution is 0.00719. The van der Waals surface area contributed by atoms with Crippen molar-refractivity contribution in [1.82, 2.24) is 24.8 Å². The van der Waals surface area contributed by atoms with Crippen molar-refractivity contribution in [3.63, 3.8) is 0 Å². The Kier molecular flexibility index (Phi) is 8.62. The summed E-state index contributed by atoms with van der Waals surface area (Å²) in [7, 11) is 1.48. The molecule has 6 aliphatic rings.